The highest BCUT2D eigenvalue weighted by molar-refractivity contribution is 4.62. The van der Waals surface area contributed by atoms with Crippen molar-refractivity contribution >= 4 is 0 Å². The molecule has 0 saturated heterocycles. The lowest BCUT2D eigenvalue weighted by Gasteiger charge is -2.17. The molecule has 1 radical (unpaired) electrons. The highest BCUT2D eigenvalue weighted by Crippen LogP contribution is 2.25. The van der Waals surface area contributed by atoms with Gasteiger partial charge in [0, 0.05) is 0 Å². The van der Waals surface area contributed by atoms with Crippen molar-refractivity contribution in [1.29, 1.82) is 0 Å². The maximum Gasteiger partial charge on any atom is -0.0414 e. The molecule has 0 heterocycles. The summed E-state index contributed by atoms with van der Waals surface area (Å²) >= 11 is 0. The molecule has 0 aromatic carbocycles. The van der Waals surface area contributed by atoms with E-state index in [1.807, 2.05) is 0 Å². The lowest BCUT2D eigenvalue weighted by Crippen LogP contribution is -2.01. The molecule has 0 fully saturated rings. The van der Waals surface area contributed by atoms with Crippen molar-refractivity contribution < 1.29 is 0 Å². The van der Waals surface area contributed by atoms with Crippen molar-refractivity contribution in [3.05, 3.63) is 6.92 Å². The average Bonchev–Trinajstić information content (AvgIpc) is 2.85. The van der Waals surface area contributed by atoms with Crippen molar-refractivity contribution in [2.45, 2.75) is 206 Å². The van der Waals surface area contributed by atoms with Gasteiger partial charge in [-0.25, -0.2) is 0 Å². The second-order valence-corrected chi connectivity index (χ2v) is 11.6. The summed E-state index contributed by atoms with van der Waals surface area (Å²) in [6.07, 6.45) is 43.7. The molecule has 0 aromatic rings. The monoisotopic (exact) mass is 478 g/mol. The molecule has 0 N–H and O–H groups in total. The molecule has 0 amide bonds. The SMILES string of the molecule is [CH2]CCCCCC(CCCCCCCCCCC)CCCCCCCCCCCCCCCC. The van der Waals surface area contributed by atoms with Crippen LogP contribution in [0.3, 0.4) is 0 Å². The summed E-state index contributed by atoms with van der Waals surface area (Å²) in [6, 6.07) is 0. The van der Waals surface area contributed by atoms with E-state index in [0.29, 0.717) is 0 Å². The van der Waals surface area contributed by atoms with E-state index < -0.39 is 0 Å². The van der Waals surface area contributed by atoms with Crippen LogP contribution in [0.4, 0.5) is 0 Å². The fraction of sp³-hybridized carbons (Fsp3) is 0.971. The highest BCUT2D eigenvalue weighted by atomic mass is 14.1. The van der Waals surface area contributed by atoms with E-state index in [1.165, 1.54) is 186 Å². The van der Waals surface area contributed by atoms with Crippen molar-refractivity contribution in [2.75, 3.05) is 0 Å². The molecular weight excluding hydrogens is 408 g/mol. The summed E-state index contributed by atoms with van der Waals surface area (Å²) in [5.41, 5.74) is 0. The molecule has 1 atom stereocenters. The maximum absolute atomic E-state index is 4.02. The second kappa shape index (κ2) is 31.0. The second-order valence-electron chi connectivity index (χ2n) is 11.6. The summed E-state index contributed by atoms with van der Waals surface area (Å²) < 4.78 is 0. The summed E-state index contributed by atoms with van der Waals surface area (Å²) in [5, 5.41) is 0. The van der Waals surface area contributed by atoms with E-state index in [1.54, 1.807) is 0 Å². The summed E-state index contributed by atoms with van der Waals surface area (Å²) in [5.74, 6) is 1.02. The van der Waals surface area contributed by atoms with Gasteiger partial charge in [-0.05, 0) is 5.92 Å². The fourth-order valence-electron chi connectivity index (χ4n) is 5.59. The first-order valence-electron chi connectivity index (χ1n) is 16.6. The third-order valence-electron chi connectivity index (χ3n) is 8.04. The largest absolute Gasteiger partial charge is 0.0654 e. The highest BCUT2D eigenvalue weighted by Gasteiger charge is 2.08. The molecule has 0 aromatic heterocycles. The molecule has 0 spiro atoms. The fourth-order valence-corrected chi connectivity index (χ4v) is 5.59. The van der Waals surface area contributed by atoms with Crippen LogP contribution in [0, 0.1) is 12.8 Å². The van der Waals surface area contributed by atoms with Crippen LogP contribution in [-0.2, 0) is 0 Å². The normalized spacial score (nSPS) is 12.4. The molecule has 1 unspecified atom stereocenters. The molecule has 0 heteroatoms. The van der Waals surface area contributed by atoms with E-state index in [2.05, 4.69) is 20.8 Å². The minimum atomic E-state index is 1.02. The Hall–Kier alpha value is 0. The van der Waals surface area contributed by atoms with Gasteiger partial charge in [-0.15, -0.1) is 0 Å². The van der Waals surface area contributed by atoms with Gasteiger partial charge in [0.2, 0.25) is 0 Å². The standard InChI is InChI=1S/C34H69/c1-4-7-10-13-15-17-18-19-20-21-23-25-27-30-33-34(31-28-12-9-6-3)32-29-26-24-22-16-14-11-8-5-2/h34H,3-33H2,1-2H3. The number of hydrogen-bond acceptors (Lipinski definition) is 0. The van der Waals surface area contributed by atoms with E-state index >= 15 is 0 Å². The molecule has 0 saturated carbocycles. The predicted molar refractivity (Wildman–Crippen MR) is 159 cm³/mol. The van der Waals surface area contributed by atoms with Crippen LogP contribution in [0.2, 0.25) is 0 Å². The topological polar surface area (TPSA) is 0 Å². The van der Waals surface area contributed by atoms with Gasteiger partial charge in [0.05, 0.1) is 0 Å². The first kappa shape index (κ1) is 34.0. The summed E-state index contributed by atoms with van der Waals surface area (Å²) in [4.78, 5) is 0. The van der Waals surface area contributed by atoms with Gasteiger partial charge in [-0.3, -0.25) is 0 Å². The van der Waals surface area contributed by atoms with E-state index in [4.69, 9.17) is 0 Å². The lowest BCUT2D eigenvalue weighted by molar-refractivity contribution is 0.366. The Bertz CT molecular complexity index is 333. The van der Waals surface area contributed by atoms with Crippen molar-refractivity contribution in [3.8, 4) is 0 Å². The molecule has 0 nitrogen and oxygen atoms in total. The predicted octanol–water partition coefficient (Wildman–Crippen LogP) is 13.2. The minimum Gasteiger partial charge on any atom is -0.0654 e. The van der Waals surface area contributed by atoms with E-state index in [0.717, 1.165) is 12.3 Å². The number of rotatable bonds is 30. The van der Waals surface area contributed by atoms with Crippen molar-refractivity contribution in [3.63, 3.8) is 0 Å². The van der Waals surface area contributed by atoms with Crippen LogP contribution < -0.4 is 0 Å². The van der Waals surface area contributed by atoms with Crippen molar-refractivity contribution in [2.24, 2.45) is 5.92 Å². The summed E-state index contributed by atoms with van der Waals surface area (Å²) in [6.45, 7) is 8.65. The first-order valence-corrected chi connectivity index (χ1v) is 16.6. The van der Waals surface area contributed by atoms with Gasteiger partial charge in [0.25, 0.3) is 0 Å². The molecule has 0 bridgehead atoms. The van der Waals surface area contributed by atoms with E-state index in [9.17, 15) is 0 Å². The Labute approximate surface area is 219 Å². The van der Waals surface area contributed by atoms with Crippen LogP contribution in [0.1, 0.15) is 206 Å². The molecule has 0 rings (SSSR count). The first-order chi connectivity index (χ1) is 16.8. The lowest BCUT2D eigenvalue weighted by atomic mass is 9.89. The van der Waals surface area contributed by atoms with Crippen LogP contribution >= 0.6 is 0 Å². The zero-order chi connectivity index (χ0) is 24.8. The molecule has 34 heavy (non-hydrogen) atoms. The van der Waals surface area contributed by atoms with Crippen LogP contribution in [-0.4, -0.2) is 0 Å². The van der Waals surface area contributed by atoms with Crippen molar-refractivity contribution in [1.82, 2.24) is 0 Å². The molecule has 0 aliphatic rings. The maximum atomic E-state index is 4.02. The van der Waals surface area contributed by atoms with Gasteiger partial charge in [-0.2, -0.15) is 0 Å². The molecule has 205 valence electrons. The smallest absolute Gasteiger partial charge is 0.0414 e. The summed E-state index contributed by atoms with van der Waals surface area (Å²) in [7, 11) is 0. The average molecular weight is 478 g/mol. The van der Waals surface area contributed by atoms with Crippen LogP contribution in [0.5, 0.6) is 0 Å². The Morgan fingerprint density at radius 1 is 0.324 bits per heavy atom. The van der Waals surface area contributed by atoms with Gasteiger partial charge >= 0.3 is 0 Å². The Morgan fingerprint density at radius 2 is 0.559 bits per heavy atom. The van der Waals surface area contributed by atoms with Gasteiger partial charge < -0.3 is 0 Å². The van der Waals surface area contributed by atoms with Gasteiger partial charge in [0.15, 0.2) is 0 Å². The Morgan fingerprint density at radius 3 is 0.824 bits per heavy atom. The van der Waals surface area contributed by atoms with E-state index in [-0.39, 0.29) is 0 Å². The zero-order valence-electron chi connectivity index (χ0n) is 24.5. The minimum absolute atomic E-state index is 1.02. The van der Waals surface area contributed by atoms with Crippen LogP contribution in [0.15, 0.2) is 0 Å². The Kier molecular flexibility index (Phi) is 31.0. The molecule has 0 aliphatic heterocycles. The number of unbranched alkanes of at least 4 members (excludes halogenated alkanes) is 24. The van der Waals surface area contributed by atoms with Gasteiger partial charge in [-0.1, -0.05) is 213 Å². The van der Waals surface area contributed by atoms with Crippen LogP contribution in [0.25, 0.3) is 0 Å². The third kappa shape index (κ3) is 28.2. The quantitative estimate of drug-likeness (QED) is 0.0902. The zero-order valence-corrected chi connectivity index (χ0v) is 24.5. The molecule has 0 aliphatic carbocycles. The third-order valence-corrected chi connectivity index (χ3v) is 8.04. The number of hydrogen-bond donors (Lipinski definition) is 0. The Balaban J connectivity index is 3.63. The molecular formula is C34H69. The van der Waals surface area contributed by atoms with Gasteiger partial charge in [0.1, 0.15) is 0 Å².